The molecule has 1 saturated heterocycles. The molecule has 6 heteroatoms. The Kier molecular flexibility index (Phi) is 5.51. The molecule has 1 unspecified atom stereocenters. The molecule has 0 radical (unpaired) electrons. The van der Waals surface area contributed by atoms with Crippen LogP contribution in [0.15, 0.2) is 48.5 Å². The van der Waals surface area contributed by atoms with E-state index in [1.165, 1.54) is 0 Å². The van der Waals surface area contributed by atoms with Crippen LogP contribution in [0.25, 0.3) is 6.08 Å². The monoisotopic (exact) mass is 438 g/mol. The Labute approximate surface area is 187 Å². The Morgan fingerprint density at radius 2 is 1.94 bits per heavy atom. The Bertz CT molecular complexity index is 992. The summed E-state index contributed by atoms with van der Waals surface area (Å²) in [5.41, 5.74) is 2.40. The zero-order valence-corrected chi connectivity index (χ0v) is 18.1. The van der Waals surface area contributed by atoms with Crippen LogP contribution in [0.4, 0.5) is 5.69 Å². The molecular formula is C25H27ClN2O3. The van der Waals surface area contributed by atoms with Crippen molar-refractivity contribution >= 4 is 29.3 Å². The lowest BCUT2D eigenvalue weighted by Gasteiger charge is -2.42. The van der Waals surface area contributed by atoms with Gasteiger partial charge < -0.3 is 20.1 Å². The first-order chi connectivity index (χ1) is 15.0. The minimum Gasteiger partial charge on any atom is -0.482 e. The maximum atomic E-state index is 11.9. The van der Waals surface area contributed by atoms with Crippen molar-refractivity contribution in [3.05, 3.63) is 64.7 Å². The van der Waals surface area contributed by atoms with Gasteiger partial charge in [0.1, 0.15) is 11.4 Å². The SMILES string of the molecule is O=C(Nc1ccc(C(O)CN2CCC3(C=Cc4cc(Cl)ccc4O3)CC2)cc1)C1CC1. The van der Waals surface area contributed by atoms with Gasteiger partial charge in [-0.15, -0.1) is 0 Å². The number of aliphatic hydroxyl groups excluding tert-OH is 1. The number of fused-ring (bicyclic) bond motifs is 1. The van der Waals surface area contributed by atoms with E-state index in [1.54, 1.807) is 0 Å². The lowest BCUT2D eigenvalue weighted by atomic mass is 9.88. The number of carbonyl (C=O) groups excluding carboxylic acids is 1. The van der Waals surface area contributed by atoms with Crippen molar-refractivity contribution in [2.75, 3.05) is 25.0 Å². The highest BCUT2D eigenvalue weighted by Gasteiger charge is 2.37. The quantitative estimate of drug-likeness (QED) is 0.712. The van der Waals surface area contributed by atoms with Gasteiger partial charge in [0, 0.05) is 54.7 Å². The smallest absolute Gasteiger partial charge is 0.227 e. The normalized spacial score (nSPS) is 20.7. The number of halogens is 1. The maximum Gasteiger partial charge on any atom is 0.227 e. The predicted octanol–water partition coefficient (Wildman–Crippen LogP) is 4.66. The molecule has 2 heterocycles. The topological polar surface area (TPSA) is 61.8 Å². The molecule has 5 nitrogen and oxygen atoms in total. The van der Waals surface area contributed by atoms with E-state index in [-0.39, 0.29) is 17.4 Å². The third-order valence-electron chi connectivity index (χ3n) is 6.50. The maximum absolute atomic E-state index is 11.9. The molecular weight excluding hydrogens is 412 g/mol. The Morgan fingerprint density at radius 3 is 2.65 bits per heavy atom. The third-order valence-corrected chi connectivity index (χ3v) is 6.73. The number of ether oxygens (including phenoxy) is 1. The van der Waals surface area contributed by atoms with E-state index in [1.807, 2.05) is 42.5 Å². The summed E-state index contributed by atoms with van der Waals surface area (Å²) in [7, 11) is 0. The number of hydrogen-bond acceptors (Lipinski definition) is 4. The van der Waals surface area contributed by atoms with E-state index in [4.69, 9.17) is 16.3 Å². The average Bonchev–Trinajstić information content (AvgIpc) is 3.62. The van der Waals surface area contributed by atoms with Gasteiger partial charge in [0.2, 0.25) is 5.91 Å². The van der Waals surface area contributed by atoms with Gasteiger partial charge in [-0.1, -0.05) is 29.8 Å². The first-order valence-electron chi connectivity index (χ1n) is 11.0. The molecule has 162 valence electrons. The molecule has 2 aromatic carbocycles. The van der Waals surface area contributed by atoms with E-state index in [0.717, 1.165) is 61.3 Å². The van der Waals surface area contributed by atoms with Crippen LogP contribution >= 0.6 is 11.6 Å². The lowest BCUT2D eigenvalue weighted by molar-refractivity contribution is -0.117. The van der Waals surface area contributed by atoms with Crippen molar-refractivity contribution in [2.45, 2.75) is 37.4 Å². The summed E-state index contributed by atoms with van der Waals surface area (Å²) < 4.78 is 6.35. The van der Waals surface area contributed by atoms with E-state index >= 15 is 0 Å². The fraction of sp³-hybridized carbons (Fsp3) is 0.400. The van der Waals surface area contributed by atoms with E-state index in [0.29, 0.717) is 11.6 Å². The first-order valence-corrected chi connectivity index (χ1v) is 11.4. The van der Waals surface area contributed by atoms with Crippen molar-refractivity contribution in [1.82, 2.24) is 4.90 Å². The molecule has 1 saturated carbocycles. The van der Waals surface area contributed by atoms with Gasteiger partial charge >= 0.3 is 0 Å². The van der Waals surface area contributed by atoms with E-state index in [2.05, 4.69) is 22.4 Å². The van der Waals surface area contributed by atoms with Gasteiger partial charge in [-0.2, -0.15) is 0 Å². The number of β-amino-alcohol motifs (C(OH)–C–C–N with tert-alkyl or cyclic N) is 1. The minimum atomic E-state index is -0.562. The Morgan fingerprint density at radius 1 is 1.19 bits per heavy atom. The number of hydrogen-bond donors (Lipinski definition) is 2. The van der Waals surface area contributed by atoms with Crippen molar-refractivity contribution in [1.29, 1.82) is 0 Å². The van der Waals surface area contributed by atoms with Gasteiger partial charge in [0.05, 0.1) is 6.10 Å². The highest BCUT2D eigenvalue weighted by molar-refractivity contribution is 6.30. The molecule has 2 aliphatic heterocycles. The van der Waals surface area contributed by atoms with Crippen LogP contribution in [0.1, 0.15) is 42.9 Å². The summed E-state index contributed by atoms with van der Waals surface area (Å²) in [5.74, 6) is 1.16. The molecule has 2 aromatic rings. The van der Waals surface area contributed by atoms with Crippen molar-refractivity contribution in [2.24, 2.45) is 5.92 Å². The zero-order chi connectivity index (χ0) is 21.4. The summed E-state index contributed by atoms with van der Waals surface area (Å²) in [6.45, 7) is 2.31. The van der Waals surface area contributed by atoms with Gasteiger partial charge in [-0.05, 0) is 54.8 Å². The molecule has 1 amide bonds. The molecule has 3 aliphatic rings. The molecule has 2 fully saturated rings. The number of carbonyl (C=O) groups is 1. The largest absolute Gasteiger partial charge is 0.482 e. The van der Waals surface area contributed by atoms with Crippen LogP contribution < -0.4 is 10.1 Å². The van der Waals surface area contributed by atoms with Gasteiger partial charge in [0.25, 0.3) is 0 Å². The van der Waals surface area contributed by atoms with E-state index in [9.17, 15) is 9.90 Å². The van der Waals surface area contributed by atoms with Crippen LogP contribution in [-0.4, -0.2) is 41.1 Å². The standard InChI is InChI=1S/C25H27ClN2O3/c26-20-5-8-23-19(15-20)9-10-25(31-23)11-13-28(14-12-25)16-22(29)17-3-6-21(7-4-17)27-24(30)18-1-2-18/h3-10,15,18,22,29H,1-2,11-14,16H2,(H,27,30). The second kappa shape index (κ2) is 8.30. The Balaban J connectivity index is 1.14. The van der Waals surface area contributed by atoms with Gasteiger partial charge in [-0.3, -0.25) is 4.79 Å². The molecule has 0 bridgehead atoms. The van der Waals surface area contributed by atoms with Crippen molar-refractivity contribution in [3.63, 3.8) is 0 Å². The second-order valence-corrected chi connectivity index (χ2v) is 9.32. The molecule has 1 atom stereocenters. The lowest BCUT2D eigenvalue weighted by Crippen LogP contribution is -2.48. The Hall–Kier alpha value is -2.34. The molecule has 31 heavy (non-hydrogen) atoms. The molecule has 0 aromatic heterocycles. The highest BCUT2D eigenvalue weighted by Crippen LogP contribution is 2.38. The fourth-order valence-corrected chi connectivity index (χ4v) is 4.53. The highest BCUT2D eigenvalue weighted by atomic mass is 35.5. The summed E-state index contributed by atoms with van der Waals surface area (Å²) in [4.78, 5) is 14.2. The number of piperidine rings is 1. The summed E-state index contributed by atoms with van der Waals surface area (Å²) >= 11 is 6.08. The number of benzene rings is 2. The molecule has 1 spiro atoms. The summed E-state index contributed by atoms with van der Waals surface area (Å²) in [5, 5.41) is 14.4. The third kappa shape index (κ3) is 4.64. The van der Waals surface area contributed by atoms with Crippen LogP contribution in [0.3, 0.4) is 0 Å². The summed E-state index contributed by atoms with van der Waals surface area (Å²) in [6.07, 6.45) is 7.44. The van der Waals surface area contributed by atoms with Crippen molar-refractivity contribution in [3.8, 4) is 5.75 Å². The van der Waals surface area contributed by atoms with Gasteiger partial charge in [0.15, 0.2) is 0 Å². The first kappa shape index (κ1) is 20.6. The van der Waals surface area contributed by atoms with Crippen LogP contribution in [0.5, 0.6) is 5.75 Å². The molecule has 2 N–H and O–H groups in total. The number of likely N-dealkylation sites (tertiary alicyclic amines) is 1. The van der Waals surface area contributed by atoms with Crippen LogP contribution in [-0.2, 0) is 4.79 Å². The van der Waals surface area contributed by atoms with Gasteiger partial charge in [-0.25, -0.2) is 0 Å². The second-order valence-electron chi connectivity index (χ2n) is 8.88. The van der Waals surface area contributed by atoms with E-state index < -0.39 is 6.10 Å². The predicted molar refractivity (Wildman–Crippen MR) is 122 cm³/mol. The fourth-order valence-electron chi connectivity index (χ4n) is 4.35. The number of aliphatic hydroxyl groups is 1. The molecule has 1 aliphatic carbocycles. The summed E-state index contributed by atoms with van der Waals surface area (Å²) in [6, 6.07) is 13.3. The number of amides is 1. The minimum absolute atomic E-state index is 0.0975. The van der Waals surface area contributed by atoms with Crippen LogP contribution in [0, 0.1) is 5.92 Å². The van der Waals surface area contributed by atoms with Crippen molar-refractivity contribution < 1.29 is 14.6 Å². The zero-order valence-electron chi connectivity index (χ0n) is 17.4. The number of nitrogens with zero attached hydrogens (tertiary/aromatic N) is 1. The number of nitrogens with one attached hydrogen (secondary N) is 1. The molecule has 5 rings (SSSR count). The number of rotatable bonds is 5. The number of anilines is 1. The average molecular weight is 439 g/mol. The van der Waals surface area contributed by atoms with Crippen LogP contribution in [0.2, 0.25) is 5.02 Å².